The van der Waals surface area contributed by atoms with Crippen molar-refractivity contribution in [1.82, 2.24) is 59.5 Å². The van der Waals surface area contributed by atoms with Crippen LogP contribution < -0.4 is 41.8 Å². The standard InChI is InChI=1S/C30H35F3N6O3.C16H28BNO4.C15H14ClF2N3O.C15H22FN3O2.C15H20FN3O2.C5H4BrFN2/c1-17(2)39-12-13-41-26-21(31)14-19(15-23(26)39)25-22(32)16-34-28(37-25)36-24-7-6-20(27(33)35-24)18-8-10-38(11-9-18)29(40)42-30(3,4)5;1-14(2,3)20-13(19)18-10-8-12(9-11-18)17-21-15(4,5)16(6,7)22-17;1-8(2)21-3-4-22-14-10(17)5-9(6-12(14)21)13-11(18)7-19-15(16)20-13;2*1-15(2,3)21-14(20)19-8-6-10(7-9-19)11-4-5-12(17)18-13(11)16;6-3-1-2-4(8)9-5(3)7/h6-7,14-18H,8-13H2,1-5H3,(H,34,35,36,37);8H,9-11H2,1-7H3;5-8H,3-4H2,1-2H3;4-5,10H,6-9H2,1-3H3,(H2,17,18);4-6H,7-9H2,1-3H3,(H2,17,18);1-2H,(H2,8,9). The van der Waals surface area contributed by atoms with E-state index in [1.807, 2.05) is 160 Å². The number of hydrogen-bond donors (Lipinski definition) is 4. The molecular weight excluding hydrogens is 1880 g/mol. The van der Waals surface area contributed by atoms with E-state index in [2.05, 4.69) is 61.1 Å². The molecule has 41 heteroatoms. The number of fused-ring (bicyclic) bond motifs is 2. The monoisotopic (exact) mass is 2000 g/mol. The highest BCUT2D eigenvalue weighted by Crippen LogP contribution is 2.44. The van der Waals surface area contributed by atoms with Crippen LogP contribution in [0.1, 0.15) is 206 Å². The zero-order valence-corrected chi connectivity index (χ0v) is 83.4. The van der Waals surface area contributed by atoms with Crippen LogP contribution in [0.4, 0.5) is 94.9 Å². The summed E-state index contributed by atoms with van der Waals surface area (Å²) in [5.41, 5.74) is 18.2. The molecule has 13 heterocycles. The number of nitrogens with two attached hydrogens (primary N) is 3. The molecule has 0 unspecified atom stereocenters. The van der Waals surface area contributed by atoms with E-state index >= 15 is 4.39 Å². The lowest BCUT2D eigenvalue weighted by Crippen LogP contribution is -2.41. The maximum absolute atomic E-state index is 15.1. The molecule has 6 aromatic heterocycles. The van der Waals surface area contributed by atoms with E-state index in [1.165, 1.54) is 24.3 Å². The molecule has 15 rings (SSSR count). The SMILES string of the molecule is CC(C)(C)OC(=O)N1CC=C(B2OC(C)(C)C(C)(C)O2)CC1.CC(C)(C)OC(=O)N1CC=C(c2ccc(N)nc2F)CC1.CC(C)(C)OC(=O)N1CCC(c2ccc(N)nc2F)CC1.CC(C)N1CCOc2c(F)cc(-c3nc(Cl)ncc3F)cc21.CC(C)N1CCOc2c(F)cc(-c3nc(Nc4ccc(C5CCN(C(=O)OC(C)(C)C)CC5)c(F)n4)ncc3F)cc21.Nc1ccc(Br)c(F)n1. The summed E-state index contributed by atoms with van der Waals surface area (Å²) in [4.78, 5) is 89.2. The minimum absolute atomic E-state index is 0.0215. The number of carbonyl (C=O) groups is 4. The van der Waals surface area contributed by atoms with Crippen molar-refractivity contribution in [2.24, 2.45) is 0 Å². The van der Waals surface area contributed by atoms with Gasteiger partial charge in [0.25, 0.3) is 0 Å². The molecule has 0 saturated carbocycles. The topological polar surface area (TPSA) is 355 Å². The summed E-state index contributed by atoms with van der Waals surface area (Å²) >= 11 is 8.65. The summed E-state index contributed by atoms with van der Waals surface area (Å²) in [6.07, 6.45) is 8.34. The van der Waals surface area contributed by atoms with E-state index in [9.17, 15) is 49.9 Å². The van der Waals surface area contributed by atoms with Crippen LogP contribution >= 0.6 is 27.5 Å². The highest BCUT2D eigenvalue weighted by atomic mass is 79.9. The fourth-order valence-electron chi connectivity index (χ4n) is 15.1. The third-order valence-electron chi connectivity index (χ3n) is 22.6. The normalized spacial score (nSPS) is 16.6. The van der Waals surface area contributed by atoms with Gasteiger partial charge in [-0.25, -0.2) is 76.6 Å². The summed E-state index contributed by atoms with van der Waals surface area (Å²) in [6, 6.07) is 18.7. The quantitative estimate of drug-likeness (QED) is 0.0325. The lowest BCUT2D eigenvalue weighted by atomic mass is 9.75. The smallest absolute Gasteiger partial charge is 0.486 e. The molecule has 7 N–H and O–H groups in total. The number of rotatable bonds is 10. The summed E-state index contributed by atoms with van der Waals surface area (Å²) in [7, 11) is -0.314. The van der Waals surface area contributed by atoms with Gasteiger partial charge in [0.1, 0.15) is 70.3 Å². The van der Waals surface area contributed by atoms with Crippen molar-refractivity contribution >= 4 is 105 Å². The molecule has 0 atom stereocenters. The second-order valence-electron chi connectivity index (χ2n) is 38.9. The summed E-state index contributed by atoms with van der Waals surface area (Å²) in [5.74, 6) is -3.95. The van der Waals surface area contributed by atoms with E-state index in [-0.39, 0.29) is 130 Å². The number of anilines is 7. The van der Waals surface area contributed by atoms with Crippen LogP contribution in [0.2, 0.25) is 5.28 Å². The van der Waals surface area contributed by atoms with Crippen LogP contribution in [0.15, 0.2) is 107 Å². The van der Waals surface area contributed by atoms with E-state index < -0.39 is 69.5 Å². The largest absolute Gasteiger partial charge is 0.490 e. The summed E-state index contributed by atoms with van der Waals surface area (Å²) in [6.45, 7) is 44.3. The number of piperidine rings is 2. The van der Waals surface area contributed by atoms with Crippen molar-refractivity contribution in [3.63, 3.8) is 0 Å². The number of pyridine rings is 4. The van der Waals surface area contributed by atoms with Crippen molar-refractivity contribution in [2.45, 2.75) is 235 Å². The average molecular weight is 2000 g/mol. The Hall–Kier alpha value is -11.6. The first-order chi connectivity index (χ1) is 64.0. The van der Waals surface area contributed by atoms with Gasteiger partial charge in [0.05, 0.1) is 52.5 Å². The fourth-order valence-corrected chi connectivity index (χ4v) is 15.5. The number of amides is 4. The Balaban J connectivity index is 0.000000178. The zero-order valence-electron chi connectivity index (χ0n) is 81.0. The molecule has 742 valence electrons. The van der Waals surface area contributed by atoms with Crippen LogP contribution in [-0.4, -0.2) is 215 Å². The highest BCUT2D eigenvalue weighted by molar-refractivity contribution is 9.10. The van der Waals surface area contributed by atoms with Crippen LogP contribution in [0.3, 0.4) is 0 Å². The molecule has 0 radical (unpaired) electrons. The first-order valence-electron chi connectivity index (χ1n) is 45.2. The van der Waals surface area contributed by atoms with Gasteiger partial charge in [0, 0.05) is 92.3 Å². The number of nitrogens with one attached hydrogen (secondary N) is 1. The molecule has 0 bridgehead atoms. The summed E-state index contributed by atoms with van der Waals surface area (Å²) in [5, 5.41) is 2.73. The minimum Gasteiger partial charge on any atom is -0.486 e. The Morgan fingerprint density at radius 1 is 0.482 bits per heavy atom. The highest BCUT2D eigenvalue weighted by Gasteiger charge is 2.53. The number of hydrogen-bond acceptors (Lipinski definition) is 26. The number of aromatic nitrogens is 8. The zero-order chi connectivity index (χ0) is 101. The van der Waals surface area contributed by atoms with Gasteiger partial charge >= 0.3 is 31.5 Å². The molecule has 30 nitrogen and oxygen atoms in total. The molecule has 7 aliphatic rings. The molecule has 8 aromatic rings. The van der Waals surface area contributed by atoms with Gasteiger partial charge in [0.2, 0.25) is 35.0 Å². The average Bonchev–Trinajstić information content (AvgIpc) is 1.15. The first kappa shape index (κ1) is 107. The Kier molecular flexibility index (Phi) is 35.5. The van der Waals surface area contributed by atoms with Crippen LogP contribution in [-0.2, 0) is 28.3 Å². The number of nitrogens with zero attached hydrogens (tertiary/aromatic N) is 14. The van der Waals surface area contributed by atoms with Gasteiger partial charge in [-0.15, -0.1) is 0 Å². The van der Waals surface area contributed by atoms with Crippen molar-refractivity contribution in [1.29, 1.82) is 0 Å². The van der Waals surface area contributed by atoms with Crippen molar-refractivity contribution in [3.8, 4) is 34.0 Å². The number of benzene rings is 2. The third kappa shape index (κ3) is 29.9. The maximum Gasteiger partial charge on any atom is 0.490 e. The Bertz CT molecular complexity index is 5660. The van der Waals surface area contributed by atoms with Gasteiger partial charge in [-0.2, -0.15) is 17.6 Å². The Morgan fingerprint density at radius 3 is 1.28 bits per heavy atom. The molecule has 7 aliphatic heterocycles. The number of halogens is 10. The molecule has 0 aliphatic carbocycles. The molecule has 3 saturated heterocycles. The van der Waals surface area contributed by atoms with Crippen LogP contribution in [0.25, 0.3) is 28.1 Å². The van der Waals surface area contributed by atoms with E-state index in [1.54, 1.807) is 68.1 Å². The van der Waals surface area contributed by atoms with Gasteiger partial charge in [-0.1, -0.05) is 24.3 Å². The fraction of sp³-hybridized carbons (Fsp3) is 0.500. The Morgan fingerprint density at radius 2 is 0.883 bits per heavy atom. The van der Waals surface area contributed by atoms with Crippen molar-refractivity contribution in [2.75, 3.05) is 111 Å². The predicted octanol–water partition coefficient (Wildman–Crippen LogP) is 20.6. The second-order valence-corrected chi connectivity index (χ2v) is 40.1. The van der Waals surface area contributed by atoms with Crippen molar-refractivity contribution < 1.29 is 92.0 Å². The third-order valence-corrected chi connectivity index (χ3v) is 23.4. The lowest BCUT2D eigenvalue weighted by Gasteiger charge is -2.34. The molecule has 3 fully saturated rings. The van der Waals surface area contributed by atoms with E-state index in [4.69, 9.17) is 66.5 Å². The van der Waals surface area contributed by atoms with Gasteiger partial charge in [-0.05, 0) is 288 Å². The Labute approximate surface area is 808 Å². The van der Waals surface area contributed by atoms with Crippen LogP contribution in [0, 0.1) is 47.1 Å². The van der Waals surface area contributed by atoms with E-state index in [0.717, 1.165) is 29.9 Å². The number of likely N-dealkylation sites (tertiary alicyclic amines) is 2. The lowest BCUT2D eigenvalue weighted by molar-refractivity contribution is 0.00578. The van der Waals surface area contributed by atoms with E-state index in [0.29, 0.717) is 149 Å². The van der Waals surface area contributed by atoms with Crippen LogP contribution in [0.5, 0.6) is 11.5 Å². The van der Waals surface area contributed by atoms with Crippen molar-refractivity contribution in [3.05, 3.63) is 176 Å². The van der Waals surface area contributed by atoms with Gasteiger partial charge in [-0.3, -0.25) is 0 Å². The maximum atomic E-state index is 15.1. The predicted molar refractivity (Wildman–Crippen MR) is 513 cm³/mol. The van der Waals surface area contributed by atoms with Gasteiger partial charge in [0.15, 0.2) is 34.8 Å². The molecule has 4 amide bonds. The number of ether oxygens (including phenoxy) is 6. The molecule has 0 spiro atoms. The number of carbonyl (C=O) groups excluding carboxylic acids is 4. The van der Waals surface area contributed by atoms with Gasteiger partial charge < -0.3 is 89.6 Å². The number of nitrogen functional groups attached to an aromatic ring is 3. The molecule has 137 heavy (non-hydrogen) atoms. The molecular formula is C96H123BBrClF8N18O12. The summed E-state index contributed by atoms with van der Waals surface area (Å²) < 4.78 is 158. The first-order valence-corrected chi connectivity index (χ1v) is 46.3. The minimum atomic E-state index is -0.736. The molecule has 2 aromatic carbocycles. The second kappa shape index (κ2) is 45.3.